The molecule has 0 N–H and O–H groups in total. The molecule has 1 aromatic heterocycles. The lowest BCUT2D eigenvalue weighted by Gasteiger charge is -1.93. The molecule has 0 aliphatic carbocycles. The van der Waals surface area contributed by atoms with Gasteiger partial charge in [0.05, 0.1) is 0 Å². The van der Waals surface area contributed by atoms with Gasteiger partial charge in [-0.15, -0.1) is 4.98 Å². The van der Waals surface area contributed by atoms with Gasteiger partial charge >= 0.3 is 5.82 Å². The Bertz CT molecular complexity index is 362. The summed E-state index contributed by atoms with van der Waals surface area (Å²) in [6.07, 6.45) is 0. The molecule has 6 heteroatoms. The maximum Gasteiger partial charge on any atom is 0.307 e. The van der Waals surface area contributed by atoms with E-state index in [-0.39, 0.29) is 21.8 Å². The predicted octanol–water partition coefficient (Wildman–Crippen LogP) is 2.21. The molecule has 0 saturated heterocycles. The molecule has 58 valence electrons. The molecule has 4 nitrogen and oxygen atoms in total. The highest BCUT2D eigenvalue weighted by molar-refractivity contribution is 6.40. The SMILES string of the molecule is [C-]#[N+]c1nc(Cl)c(Cl)nc1C#N. The molecule has 0 aliphatic heterocycles. The highest BCUT2D eigenvalue weighted by atomic mass is 35.5. The van der Waals surface area contributed by atoms with Crippen LogP contribution in [0.25, 0.3) is 4.85 Å². The van der Waals surface area contributed by atoms with Crippen molar-refractivity contribution in [1.82, 2.24) is 9.97 Å². The molecule has 1 aromatic rings. The van der Waals surface area contributed by atoms with E-state index in [0.717, 1.165) is 0 Å². The summed E-state index contributed by atoms with van der Waals surface area (Å²) in [6, 6.07) is 1.68. The topological polar surface area (TPSA) is 53.9 Å². The zero-order chi connectivity index (χ0) is 9.14. The lowest BCUT2D eigenvalue weighted by atomic mass is 10.4. The molecular weight excluding hydrogens is 199 g/mol. The monoisotopic (exact) mass is 198 g/mol. The second-order valence-corrected chi connectivity index (χ2v) is 2.42. The maximum atomic E-state index is 8.47. The van der Waals surface area contributed by atoms with Gasteiger partial charge in [-0.05, 0) is 11.6 Å². The quantitative estimate of drug-likeness (QED) is 0.601. The molecule has 0 unspecified atom stereocenters. The zero-order valence-electron chi connectivity index (χ0n) is 5.54. The number of nitriles is 1. The highest BCUT2D eigenvalue weighted by Gasteiger charge is 2.12. The van der Waals surface area contributed by atoms with E-state index in [1.165, 1.54) is 0 Å². The summed E-state index contributed by atoms with van der Waals surface area (Å²) in [6.45, 7) is 6.62. The first kappa shape index (κ1) is 8.73. The van der Waals surface area contributed by atoms with Crippen LogP contribution in [0.3, 0.4) is 0 Å². The number of rotatable bonds is 0. The average molecular weight is 199 g/mol. The molecule has 0 saturated carbocycles. The average Bonchev–Trinajstić information content (AvgIpc) is 2.09. The van der Waals surface area contributed by atoms with Crippen LogP contribution in [0, 0.1) is 17.9 Å². The van der Waals surface area contributed by atoms with Crippen LogP contribution in [0.2, 0.25) is 10.3 Å². The Morgan fingerprint density at radius 1 is 1.33 bits per heavy atom. The Hall–Kier alpha value is -1.36. The Morgan fingerprint density at radius 3 is 2.42 bits per heavy atom. The Morgan fingerprint density at radius 2 is 1.92 bits per heavy atom. The van der Waals surface area contributed by atoms with Crippen LogP contribution < -0.4 is 0 Å². The van der Waals surface area contributed by atoms with Crippen LogP contribution in [0.1, 0.15) is 5.69 Å². The minimum atomic E-state index is -0.132. The van der Waals surface area contributed by atoms with Crippen LogP contribution in [0.15, 0.2) is 0 Å². The first-order valence-electron chi connectivity index (χ1n) is 2.69. The first-order valence-corrected chi connectivity index (χ1v) is 3.45. The number of hydrogen-bond donors (Lipinski definition) is 0. The Labute approximate surface area is 78.2 Å². The van der Waals surface area contributed by atoms with Gasteiger partial charge in [0.2, 0.25) is 0 Å². The molecule has 0 atom stereocenters. The smallest absolute Gasteiger partial charge is 0.307 e. The van der Waals surface area contributed by atoms with Crippen molar-refractivity contribution in [3.8, 4) is 6.07 Å². The fourth-order valence-corrected chi connectivity index (χ4v) is 0.788. The molecular formula is C6Cl2N4. The van der Waals surface area contributed by atoms with Gasteiger partial charge in [-0.3, -0.25) is 0 Å². The van der Waals surface area contributed by atoms with Gasteiger partial charge in [-0.1, -0.05) is 18.2 Å². The van der Waals surface area contributed by atoms with Crippen molar-refractivity contribution in [3.63, 3.8) is 0 Å². The third-order valence-corrected chi connectivity index (χ3v) is 1.63. The van der Waals surface area contributed by atoms with E-state index in [2.05, 4.69) is 14.8 Å². The fraction of sp³-hybridized carbons (Fsp3) is 0. The summed E-state index contributed by atoms with van der Waals surface area (Å²) in [7, 11) is 0. The summed E-state index contributed by atoms with van der Waals surface area (Å²) in [5, 5.41) is 8.33. The molecule has 1 heterocycles. The van der Waals surface area contributed by atoms with E-state index in [0.29, 0.717) is 0 Å². The van der Waals surface area contributed by atoms with Crippen molar-refractivity contribution in [2.75, 3.05) is 0 Å². The van der Waals surface area contributed by atoms with E-state index in [1.807, 2.05) is 0 Å². The van der Waals surface area contributed by atoms with Gasteiger partial charge in [0.1, 0.15) is 6.07 Å². The molecule has 12 heavy (non-hydrogen) atoms. The summed E-state index contributed by atoms with van der Waals surface area (Å²) in [4.78, 5) is 10.1. The number of nitrogens with zero attached hydrogens (tertiary/aromatic N) is 4. The van der Waals surface area contributed by atoms with Gasteiger partial charge in [-0.2, -0.15) is 5.26 Å². The van der Waals surface area contributed by atoms with Crippen LogP contribution in [-0.4, -0.2) is 9.97 Å². The normalized spacial score (nSPS) is 8.67. The highest BCUT2D eigenvalue weighted by Crippen LogP contribution is 2.22. The number of halogens is 2. The van der Waals surface area contributed by atoms with Crippen LogP contribution in [0.4, 0.5) is 5.82 Å². The molecule has 0 fully saturated rings. The number of aromatic nitrogens is 2. The summed E-state index contributed by atoms with van der Waals surface area (Å²) in [5.74, 6) is -0.132. The molecule has 0 radical (unpaired) electrons. The molecule has 0 spiro atoms. The maximum absolute atomic E-state index is 8.47. The van der Waals surface area contributed by atoms with Gasteiger partial charge < -0.3 is 4.85 Å². The van der Waals surface area contributed by atoms with Crippen molar-refractivity contribution in [1.29, 1.82) is 5.26 Å². The first-order chi connectivity index (χ1) is 5.69. The summed E-state index contributed by atoms with van der Waals surface area (Å²) < 4.78 is 0. The molecule has 0 aromatic carbocycles. The van der Waals surface area contributed by atoms with Crippen molar-refractivity contribution < 1.29 is 0 Å². The minimum absolute atomic E-state index is 0.0679. The molecule has 0 aliphatic rings. The largest absolute Gasteiger partial charge is 0.358 e. The molecule has 0 bridgehead atoms. The van der Waals surface area contributed by atoms with Gasteiger partial charge in [0.15, 0.2) is 10.8 Å². The summed E-state index contributed by atoms with van der Waals surface area (Å²) >= 11 is 10.9. The Kier molecular flexibility index (Phi) is 2.44. The van der Waals surface area contributed by atoms with Gasteiger partial charge in [-0.25, -0.2) is 4.98 Å². The van der Waals surface area contributed by atoms with E-state index >= 15 is 0 Å². The van der Waals surface area contributed by atoms with E-state index in [4.69, 9.17) is 35.0 Å². The van der Waals surface area contributed by atoms with Crippen LogP contribution in [-0.2, 0) is 0 Å². The second-order valence-electron chi connectivity index (χ2n) is 1.70. The van der Waals surface area contributed by atoms with Gasteiger partial charge in [0.25, 0.3) is 5.15 Å². The second kappa shape index (κ2) is 3.36. The molecule has 0 amide bonds. The van der Waals surface area contributed by atoms with Crippen molar-refractivity contribution in [2.45, 2.75) is 0 Å². The standard InChI is InChI=1S/C6Cl2N4/c1-10-6-3(2-9)11-4(7)5(8)12-6. The van der Waals surface area contributed by atoms with Crippen LogP contribution in [0.5, 0.6) is 0 Å². The van der Waals surface area contributed by atoms with E-state index in [1.54, 1.807) is 6.07 Å². The van der Waals surface area contributed by atoms with Crippen molar-refractivity contribution in [2.24, 2.45) is 0 Å². The number of hydrogen-bond acceptors (Lipinski definition) is 3. The third-order valence-electron chi connectivity index (χ3n) is 1.01. The van der Waals surface area contributed by atoms with Crippen molar-refractivity contribution >= 4 is 29.0 Å². The van der Waals surface area contributed by atoms with Crippen LogP contribution >= 0.6 is 23.2 Å². The Balaban J connectivity index is 3.44. The lowest BCUT2D eigenvalue weighted by Crippen LogP contribution is -1.88. The predicted molar refractivity (Wildman–Crippen MR) is 43.0 cm³/mol. The molecule has 1 rings (SSSR count). The van der Waals surface area contributed by atoms with E-state index < -0.39 is 0 Å². The minimum Gasteiger partial charge on any atom is -0.358 e. The third kappa shape index (κ3) is 1.45. The lowest BCUT2D eigenvalue weighted by molar-refractivity contribution is 1.18. The van der Waals surface area contributed by atoms with Gasteiger partial charge in [0, 0.05) is 0 Å². The summed E-state index contributed by atoms with van der Waals surface area (Å²) in [5.41, 5.74) is -0.112. The fourth-order valence-electron chi connectivity index (χ4n) is 0.539. The zero-order valence-corrected chi connectivity index (χ0v) is 7.06. The van der Waals surface area contributed by atoms with E-state index in [9.17, 15) is 0 Å². The van der Waals surface area contributed by atoms with Crippen molar-refractivity contribution in [3.05, 3.63) is 27.4 Å².